The second-order valence-corrected chi connectivity index (χ2v) is 18.9. The quantitative estimate of drug-likeness (QED) is 0.514. The van der Waals surface area contributed by atoms with E-state index < -0.39 is 14.8 Å². The molecule has 0 aliphatic carbocycles. The topological polar surface area (TPSA) is 20.2 Å². The van der Waals surface area contributed by atoms with Gasteiger partial charge in [0.25, 0.3) is 7.74 Å². The Labute approximate surface area is 91.6 Å². The Kier molecular flexibility index (Phi) is 6.52. The summed E-state index contributed by atoms with van der Waals surface area (Å²) < 4.78 is 0. The lowest BCUT2D eigenvalue weighted by molar-refractivity contribution is 0.602. The SMILES string of the molecule is CCCC[P+](O)(CCCC)[Si](C)(C)C. The minimum absolute atomic E-state index is 1.12. The standard InChI is InChI=1S/C11H28OPSi/c1-6-8-10-13(12,11-9-7-2)14(3,4)5/h12H,6-11H2,1-5H3/q+1. The Bertz CT molecular complexity index is 146. The monoisotopic (exact) mass is 235 g/mol. The Hall–Kier alpha value is 0.607. The molecule has 0 fully saturated rings. The molecular weight excluding hydrogens is 207 g/mol. The average Bonchev–Trinajstić information content (AvgIpc) is 2.09. The van der Waals surface area contributed by atoms with Gasteiger partial charge in [0.05, 0.1) is 12.3 Å². The van der Waals surface area contributed by atoms with Crippen LogP contribution < -0.4 is 0 Å². The van der Waals surface area contributed by atoms with E-state index in [1.54, 1.807) is 0 Å². The lowest BCUT2D eigenvalue weighted by Crippen LogP contribution is -2.29. The fourth-order valence-corrected chi connectivity index (χ4v) is 9.84. The zero-order valence-corrected chi connectivity index (χ0v) is 12.5. The highest BCUT2D eigenvalue weighted by Gasteiger charge is 2.49. The minimum atomic E-state index is -1.55. The molecule has 86 valence electrons. The van der Waals surface area contributed by atoms with Gasteiger partial charge in [0.1, 0.15) is 7.04 Å². The first-order valence-corrected chi connectivity index (χ1v) is 12.4. The maximum absolute atomic E-state index is 10.8. The molecule has 0 radical (unpaired) electrons. The van der Waals surface area contributed by atoms with Crippen molar-refractivity contribution in [1.82, 2.24) is 0 Å². The van der Waals surface area contributed by atoms with Crippen molar-refractivity contribution in [2.24, 2.45) is 0 Å². The van der Waals surface area contributed by atoms with E-state index in [1.807, 2.05) is 0 Å². The van der Waals surface area contributed by atoms with Crippen molar-refractivity contribution >= 4 is 14.8 Å². The van der Waals surface area contributed by atoms with E-state index in [9.17, 15) is 4.89 Å². The summed E-state index contributed by atoms with van der Waals surface area (Å²) in [5.74, 6) is 0. The van der Waals surface area contributed by atoms with Gasteiger partial charge in [0.15, 0.2) is 0 Å². The normalized spacial score (nSPS) is 13.3. The number of hydrogen-bond donors (Lipinski definition) is 1. The van der Waals surface area contributed by atoms with Crippen LogP contribution in [0.5, 0.6) is 0 Å². The predicted molar refractivity (Wildman–Crippen MR) is 72.0 cm³/mol. The van der Waals surface area contributed by atoms with Crippen LogP contribution in [0.4, 0.5) is 0 Å². The van der Waals surface area contributed by atoms with E-state index in [-0.39, 0.29) is 0 Å². The molecule has 1 N–H and O–H groups in total. The molecular formula is C11H28OPSi+. The number of unbranched alkanes of at least 4 members (excludes halogenated alkanes) is 2. The Morgan fingerprint density at radius 1 is 0.929 bits per heavy atom. The number of hydrogen-bond acceptors (Lipinski definition) is 1. The van der Waals surface area contributed by atoms with Gasteiger partial charge in [0.2, 0.25) is 0 Å². The second kappa shape index (κ2) is 6.25. The highest BCUT2D eigenvalue weighted by Crippen LogP contribution is 2.63. The molecule has 0 aliphatic rings. The average molecular weight is 235 g/mol. The molecule has 0 rings (SSSR count). The highest BCUT2D eigenvalue weighted by atomic mass is 31.5. The molecule has 0 aromatic rings. The van der Waals surface area contributed by atoms with E-state index in [0.717, 1.165) is 12.3 Å². The van der Waals surface area contributed by atoms with Crippen molar-refractivity contribution in [1.29, 1.82) is 0 Å². The van der Waals surface area contributed by atoms with Gasteiger partial charge in [-0.2, -0.15) is 0 Å². The van der Waals surface area contributed by atoms with Crippen LogP contribution in [0.25, 0.3) is 0 Å². The van der Waals surface area contributed by atoms with Gasteiger partial charge in [-0.3, -0.25) is 4.89 Å². The third-order valence-corrected chi connectivity index (χ3v) is 16.5. The van der Waals surface area contributed by atoms with Crippen LogP contribution in [0.2, 0.25) is 19.6 Å². The zero-order chi connectivity index (χ0) is 11.2. The summed E-state index contributed by atoms with van der Waals surface area (Å²) in [5.41, 5.74) is 0. The van der Waals surface area contributed by atoms with Gasteiger partial charge in [-0.25, -0.2) is 0 Å². The van der Waals surface area contributed by atoms with E-state index in [1.165, 1.54) is 25.7 Å². The lowest BCUT2D eigenvalue weighted by atomic mass is 10.4. The summed E-state index contributed by atoms with van der Waals surface area (Å²) in [6, 6.07) is 0. The van der Waals surface area contributed by atoms with Crippen LogP contribution in [-0.2, 0) is 0 Å². The van der Waals surface area contributed by atoms with Gasteiger partial charge in [-0.15, -0.1) is 0 Å². The largest absolute Gasteiger partial charge is 0.266 e. The number of rotatable bonds is 7. The van der Waals surface area contributed by atoms with Crippen molar-refractivity contribution < 1.29 is 4.89 Å². The molecule has 1 nitrogen and oxygen atoms in total. The molecule has 0 bridgehead atoms. The minimum Gasteiger partial charge on any atom is -0.266 e. The molecule has 0 spiro atoms. The first kappa shape index (κ1) is 14.6. The lowest BCUT2D eigenvalue weighted by Gasteiger charge is -2.30. The smallest absolute Gasteiger partial charge is 0.252 e. The van der Waals surface area contributed by atoms with E-state index in [2.05, 4.69) is 33.5 Å². The molecule has 0 aromatic carbocycles. The molecule has 0 saturated carbocycles. The maximum atomic E-state index is 10.8. The molecule has 0 unspecified atom stereocenters. The fraction of sp³-hybridized carbons (Fsp3) is 1.00. The highest BCUT2D eigenvalue weighted by molar-refractivity contribution is 8.04. The van der Waals surface area contributed by atoms with Gasteiger partial charge in [-0.1, -0.05) is 26.7 Å². The van der Waals surface area contributed by atoms with E-state index in [0.29, 0.717) is 0 Å². The van der Waals surface area contributed by atoms with Gasteiger partial charge in [-0.05, 0) is 32.5 Å². The van der Waals surface area contributed by atoms with Crippen molar-refractivity contribution in [3.8, 4) is 0 Å². The molecule has 14 heavy (non-hydrogen) atoms. The third kappa shape index (κ3) is 4.42. The molecule has 0 saturated heterocycles. The van der Waals surface area contributed by atoms with Crippen molar-refractivity contribution in [2.45, 2.75) is 59.2 Å². The first-order valence-electron chi connectivity index (χ1n) is 5.97. The van der Waals surface area contributed by atoms with Crippen LogP contribution in [-0.4, -0.2) is 25.0 Å². The summed E-state index contributed by atoms with van der Waals surface area (Å²) in [6.45, 7) is 11.5. The van der Waals surface area contributed by atoms with Crippen molar-refractivity contribution in [2.75, 3.05) is 12.3 Å². The second-order valence-electron chi connectivity index (χ2n) is 5.25. The van der Waals surface area contributed by atoms with Gasteiger partial charge < -0.3 is 0 Å². The summed E-state index contributed by atoms with van der Waals surface area (Å²) in [6.07, 6.45) is 7.13. The van der Waals surface area contributed by atoms with Crippen LogP contribution in [0.1, 0.15) is 39.5 Å². The predicted octanol–water partition coefficient (Wildman–Crippen LogP) is 4.35. The molecule has 3 heteroatoms. The van der Waals surface area contributed by atoms with Gasteiger partial charge >= 0.3 is 0 Å². The Morgan fingerprint density at radius 2 is 1.29 bits per heavy atom. The molecule has 0 aliphatic heterocycles. The van der Waals surface area contributed by atoms with Gasteiger partial charge in [0, 0.05) is 0 Å². The van der Waals surface area contributed by atoms with Crippen LogP contribution >= 0.6 is 7.04 Å². The summed E-state index contributed by atoms with van der Waals surface area (Å²) in [5, 5.41) is 0. The fourth-order valence-electron chi connectivity index (χ4n) is 1.62. The van der Waals surface area contributed by atoms with E-state index in [4.69, 9.17) is 0 Å². The maximum Gasteiger partial charge on any atom is 0.252 e. The Balaban J connectivity index is 4.33. The van der Waals surface area contributed by atoms with E-state index >= 15 is 0 Å². The first-order chi connectivity index (χ1) is 6.37. The third-order valence-electron chi connectivity index (χ3n) is 3.01. The van der Waals surface area contributed by atoms with Crippen molar-refractivity contribution in [3.05, 3.63) is 0 Å². The molecule has 0 amide bonds. The Morgan fingerprint density at radius 3 is 1.50 bits per heavy atom. The van der Waals surface area contributed by atoms with Crippen LogP contribution in [0.15, 0.2) is 0 Å². The summed E-state index contributed by atoms with van der Waals surface area (Å²) >= 11 is 0. The van der Waals surface area contributed by atoms with Crippen molar-refractivity contribution in [3.63, 3.8) is 0 Å². The molecule has 0 atom stereocenters. The van der Waals surface area contributed by atoms with Crippen LogP contribution in [0, 0.1) is 0 Å². The summed E-state index contributed by atoms with van der Waals surface area (Å²) in [4.78, 5) is 10.8. The molecule has 0 heterocycles. The zero-order valence-electron chi connectivity index (χ0n) is 10.6. The summed E-state index contributed by atoms with van der Waals surface area (Å²) in [7, 11) is -2.87. The molecule has 0 aromatic heterocycles. The van der Waals surface area contributed by atoms with Crippen LogP contribution in [0.3, 0.4) is 0 Å².